The summed E-state index contributed by atoms with van der Waals surface area (Å²) in [6, 6.07) is 9.83. The molecule has 0 spiro atoms. The highest BCUT2D eigenvalue weighted by Gasteiger charge is 2.10. The van der Waals surface area contributed by atoms with E-state index in [-0.39, 0.29) is 11.5 Å². The van der Waals surface area contributed by atoms with Crippen LogP contribution in [0.25, 0.3) is 0 Å². The van der Waals surface area contributed by atoms with Crippen molar-refractivity contribution in [2.24, 2.45) is 0 Å². The molecule has 0 aliphatic rings. The van der Waals surface area contributed by atoms with Gasteiger partial charge in [-0.1, -0.05) is 6.07 Å². The van der Waals surface area contributed by atoms with Crippen molar-refractivity contribution < 1.29 is 24.8 Å². The first-order valence-electron chi connectivity index (χ1n) is 7.66. The Morgan fingerprint density at radius 1 is 0.958 bits per heavy atom. The molecule has 24 heavy (non-hydrogen) atoms. The van der Waals surface area contributed by atoms with Gasteiger partial charge in [0.15, 0.2) is 11.5 Å². The molecule has 0 heterocycles. The summed E-state index contributed by atoms with van der Waals surface area (Å²) in [5.41, 5.74) is 1.55. The molecule has 0 aliphatic heterocycles. The highest BCUT2D eigenvalue weighted by atomic mass is 16.5. The second kappa shape index (κ2) is 8.42. The Balaban J connectivity index is 1.84. The van der Waals surface area contributed by atoms with Crippen LogP contribution in [0.4, 0.5) is 0 Å². The van der Waals surface area contributed by atoms with Crippen LogP contribution < -0.4 is 14.8 Å². The fraction of sp³-hybridized carbons (Fsp3) is 0.333. The number of hydrogen-bond acceptors (Lipinski definition) is 6. The SMILES string of the molecule is COc1ccc(CCNC[C@H](O)c2cc(O)cc(O)c2)cc1OC. The van der Waals surface area contributed by atoms with Gasteiger partial charge in [0.2, 0.25) is 0 Å². The van der Waals surface area contributed by atoms with Crippen molar-refractivity contribution in [1.29, 1.82) is 0 Å². The monoisotopic (exact) mass is 333 g/mol. The van der Waals surface area contributed by atoms with Crippen LogP contribution in [0.5, 0.6) is 23.0 Å². The van der Waals surface area contributed by atoms with Gasteiger partial charge in [-0.3, -0.25) is 0 Å². The third-order valence-corrected chi connectivity index (χ3v) is 3.69. The maximum Gasteiger partial charge on any atom is 0.160 e. The topological polar surface area (TPSA) is 91.2 Å². The lowest BCUT2D eigenvalue weighted by atomic mass is 10.1. The first-order chi connectivity index (χ1) is 11.5. The number of aliphatic hydroxyl groups is 1. The Kier molecular flexibility index (Phi) is 6.28. The van der Waals surface area contributed by atoms with Gasteiger partial charge in [0, 0.05) is 12.6 Å². The number of methoxy groups -OCH3 is 2. The predicted octanol–water partition coefficient (Wildman–Crippen LogP) is 1.98. The quantitative estimate of drug-likeness (QED) is 0.552. The molecule has 4 N–H and O–H groups in total. The molecule has 0 bridgehead atoms. The lowest BCUT2D eigenvalue weighted by Gasteiger charge is -2.13. The summed E-state index contributed by atoms with van der Waals surface area (Å²) in [6.45, 7) is 0.980. The standard InChI is InChI=1S/C18H23NO5/c1-23-17-4-3-12(7-18(17)24-2)5-6-19-11-16(22)13-8-14(20)10-15(21)9-13/h3-4,7-10,16,19-22H,5-6,11H2,1-2H3/t16-/m0/s1. The van der Waals surface area contributed by atoms with Crippen molar-refractivity contribution in [3.63, 3.8) is 0 Å². The second-order valence-corrected chi connectivity index (χ2v) is 5.44. The molecular formula is C18H23NO5. The van der Waals surface area contributed by atoms with Crippen molar-refractivity contribution in [3.05, 3.63) is 47.5 Å². The Morgan fingerprint density at radius 2 is 1.62 bits per heavy atom. The Bertz CT molecular complexity index is 654. The van der Waals surface area contributed by atoms with Crippen LogP contribution >= 0.6 is 0 Å². The molecule has 0 unspecified atom stereocenters. The zero-order valence-corrected chi connectivity index (χ0v) is 13.8. The van der Waals surface area contributed by atoms with Crippen molar-refractivity contribution in [3.8, 4) is 23.0 Å². The molecule has 6 nitrogen and oxygen atoms in total. The minimum atomic E-state index is -0.812. The molecule has 0 amide bonds. The summed E-state index contributed by atoms with van der Waals surface area (Å²) in [5.74, 6) is 1.22. The van der Waals surface area contributed by atoms with E-state index in [0.717, 1.165) is 12.0 Å². The molecule has 2 aromatic carbocycles. The van der Waals surface area contributed by atoms with Crippen LogP contribution in [-0.2, 0) is 6.42 Å². The van der Waals surface area contributed by atoms with Gasteiger partial charge in [0.05, 0.1) is 20.3 Å². The minimum absolute atomic E-state index is 0.0747. The summed E-state index contributed by atoms with van der Waals surface area (Å²) in [4.78, 5) is 0. The Hall–Kier alpha value is -2.44. The first-order valence-corrected chi connectivity index (χ1v) is 7.66. The summed E-state index contributed by atoms with van der Waals surface area (Å²) in [5, 5.41) is 32.1. The largest absolute Gasteiger partial charge is 0.508 e. The number of hydrogen-bond donors (Lipinski definition) is 4. The normalized spacial score (nSPS) is 12.0. The van der Waals surface area contributed by atoms with E-state index in [1.807, 2.05) is 18.2 Å². The van der Waals surface area contributed by atoms with Crippen LogP contribution in [0.2, 0.25) is 0 Å². The number of phenols is 2. The van der Waals surface area contributed by atoms with E-state index in [1.165, 1.54) is 18.2 Å². The third kappa shape index (κ3) is 4.78. The molecule has 2 rings (SSSR count). The number of ether oxygens (including phenoxy) is 2. The van der Waals surface area contributed by atoms with Crippen LogP contribution in [0.1, 0.15) is 17.2 Å². The van der Waals surface area contributed by atoms with E-state index in [1.54, 1.807) is 14.2 Å². The minimum Gasteiger partial charge on any atom is -0.508 e. The maximum absolute atomic E-state index is 10.1. The van der Waals surface area contributed by atoms with E-state index in [9.17, 15) is 15.3 Å². The summed E-state index contributed by atoms with van der Waals surface area (Å²) < 4.78 is 10.5. The molecule has 0 aromatic heterocycles. The summed E-state index contributed by atoms with van der Waals surface area (Å²) >= 11 is 0. The van der Waals surface area contributed by atoms with E-state index in [2.05, 4.69) is 5.32 Å². The number of benzene rings is 2. The van der Waals surface area contributed by atoms with Gasteiger partial charge in [-0.25, -0.2) is 0 Å². The lowest BCUT2D eigenvalue weighted by Crippen LogP contribution is -2.23. The first kappa shape index (κ1) is 17.9. The van der Waals surface area contributed by atoms with Crippen molar-refractivity contribution in [2.75, 3.05) is 27.3 Å². The van der Waals surface area contributed by atoms with Crippen molar-refractivity contribution >= 4 is 0 Å². The van der Waals surface area contributed by atoms with Gasteiger partial charge in [-0.05, 0) is 48.4 Å². The van der Waals surface area contributed by atoms with Gasteiger partial charge in [-0.15, -0.1) is 0 Å². The van der Waals surface area contributed by atoms with Gasteiger partial charge in [0.1, 0.15) is 11.5 Å². The third-order valence-electron chi connectivity index (χ3n) is 3.69. The molecule has 0 aliphatic carbocycles. The van der Waals surface area contributed by atoms with Gasteiger partial charge in [-0.2, -0.15) is 0 Å². The van der Waals surface area contributed by atoms with E-state index >= 15 is 0 Å². The lowest BCUT2D eigenvalue weighted by molar-refractivity contribution is 0.174. The van der Waals surface area contributed by atoms with Crippen molar-refractivity contribution in [1.82, 2.24) is 5.32 Å². The smallest absolute Gasteiger partial charge is 0.160 e. The van der Waals surface area contributed by atoms with Crippen LogP contribution in [0.15, 0.2) is 36.4 Å². The number of nitrogens with one attached hydrogen (secondary N) is 1. The molecule has 130 valence electrons. The van der Waals surface area contributed by atoms with Crippen LogP contribution in [0.3, 0.4) is 0 Å². The molecular weight excluding hydrogens is 310 g/mol. The van der Waals surface area contributed by atoms with Crippen molar-refractivity contribution in [2.45, 2.75) is 12.5 Å². The van der Waals surface area contributed by atoms with Gasteiger partial charge >= 0.3 is 0 Å². The number of phenolic OH excluding ortho intramolecular Hbond substituents is 2. The highest BCUT2D eigenvalue weighted by Crippen LogP contribution is 2.27. The highest BCUT2D eigenvalue weighted by molar-refractivity contribution is 5.43. The van der Waals surface area contributed by atoms with Crippen LogP contribution in [-0.4, -0.2) is 42.6 Å². The van der Waals surface area contributed by atoms with E-state index in [4.69, 9.17) is 9.47 Å². The number of aliphatic hydroxyl groups excluding tert-OH is 1. The predicted molar refractivity (Wildman–Crippen MR) is 90.9 cm³/mol. The number of aromatic hydroxyl groups is 2. The van der Waals surface area contributed by atoms with E-state index < -0.39 is 6.10 Å². The average Bonchev–Trinajstić information content (AvgIpc) is 2.57. The molecule has 0 saturated carbocycles. The summed E-state index contributed by atoms with van der Waals surface area (Å²) in [6.07, 6.45) is -0.0494. The zero-order chi connectivity index (χ0) is 17.5. The molecule has 0 saturated heterocycles. The molecule has 0 radical (unpaired) electrons. The maximum atomic E-state index is 10.1. The number of rotatable bonds is 8. The fourth-order valence-electron chi connectivity index (χ4n) is 2.44. The van der Waals surface area contributed by atoms with Gasteiger partial charge < -0.3 is 30.1 Å². The molecule has 2 aromatic rings. The molecule has 6 heteroatoms. The van der Waals surface area contributed by atoms with Crippen LogP contribution in [0, 0.1) is 0 Å². The Labute approximate surface area is 141 Å². The average molecular weight is 333 g/mol. The Morgan fingerprint density at radius 3 is 2.25 bits per heavy atom. The van der Waals surface area contributed by atoms with Gasteiger partial charge in [0.25, 0.3) is 0 Å². The van der Waals surface area contributed by atoms with E-state index in [0.29, 0.717) is 30.2 Å². The summed E-state index contributed by atoms with van der Waals surface area (Å²) in [7, 11) is 3.20. The second-order valence-electron chi connectivity index (χ2n) is 5.44. The molecule has 0 fully saturated rings. The zero-order valence-electron chi connectivity index (χ0n) is 13.8. The molecule has 1 atom stereocenters. The fourth-order valence-corrected chi connectivity index (χ4v) is 2.44.